The molecule has 2 aliphatic heterocycles. The van der Waals surface area contributed by atoms with Crippen LogP contribution in [0.4, 0.5) is 4.79 Å². The predicted molar refractivity (Wildman–Crippen MR) is 89.3 cm³/mol. The maximum absolute atomic E-state index is 12.8. The number of rotatable bonds is 2. The minimum Gasteiger partial charge on any atom is -0.270 e. The molecule has 24 heavy (non-hydrogen) atoms. The Balaban J connectivity index is 2.12. The molecule has 1 atom stereocenters. The number of amides is 3. The molecule has 0 spiro atoms. The summed E-state index contributed by atoms with van der Waals surface area (Å²) in [5.41, 5.74) is 2.95. The van der Waals surface area contributed by atoms with Crippen LogP contribution in [0.3, 0.4) is 0 Å². The third-order valence-electron chi connectivity index (χ3n) is 4.68. The summed E-state index contributed by atoms with van der Waals surface area (Å²) < 4.78 is 3.48. The number of nitrogens with zero attached hydrogens (tertiary/aromatic N) is 6. The van der Waals surface area contributed by atoms with Crippen LogP contribution >= 0.6 is 0 Å². The second kappa shape index (κ2) is 5.40. The van der Waals surface area contributed by atoms with Gasteiger partial charge in [0, 0.05) is 19.2 Å². The van der Waals surface area contributed by atoms with Crippen LogP contribution in [0.1, 0.15) is 17.0 Å². The molecule has 1 aromatic rings. The monoisotopic (exact) mass is 329 g/mol. The number of fused-ring (bicyclic) bond motifs is 1. The van der Waals surface area contributed by atoms with E-state index in [1.807, 2.05) is 20.8 Å². The quantitative estimate of drug-likeness (QED) is 0.586. The first-order valence-electron chi connectivity index (χ1n) is 7.71. The standard InChI is InChI=1S/C16H21N6O2/c1-7-8-21-14(23)12-13(20(6)16(21)24)17-15(19(12)5)22-11(4)9(2)10(3)18-22/h7,12H,1,8H2,2-6H3/q+1. The number of aliphatic imine (C=N–C) groups is 1. The highest BCUT2D eigenvalue weighted by Crippen LogP contribution is 2.21. The molecule has 0 saturated carbocycles. The van der Waals surface area contributed by atoms with Crippen molar-refractivity contribution >= 4 is 23.7 Å². The van der Waals surface area contributed by atoms with Gasteiger partial charge >= 0.3 is 12.0 Å². The second-order valence-corrected chi connectivity index (χ2v) is 6.07. The number of urea groups is 1. The largest absolute Gasteiger partial charge is 0.421 e. The molecule has 8 heteroatoms. The summed E-state index contributed by atoms with van der Waals surface area (Å²) in [6.45, 7) is 9.67. The van der Waals surface area contributed by atoms with Crippen LogP contribution < -0.4 is 0 Å². The Kier molecular flexibility index (Phi) is 3.62. The highest BCUT2D eigenvalue weighted by atomic mass is 16.2. The Morgan fingerprint density at radius 3 is 2.50 bits per heavy atom. The van der Waals surface area contributed by atoms with E-state index in [0.29, 0.717) is 11.8 Å². The van der Waals surface area contributed by atoms with Gasteiger partial charge in [0.2, 0.25) is 11.9 Å². The average Bonchev–Trinajstić information content (AvgIpc) is 3.01. The highest BCUT2D eigenvalue weighted by Gasteiger charge is 2.51. The van der Waals surface area contributed by atoms with Crippen molar-refractivity contribution in [2.45, 2.75) is 26.8 Å². The van der Waals surface area contributed by atoms with E-state index in [1.54, 1.807) is 23.4 Å². The fraction of sp³-hybridized carbons (Fsp3) is 0.438. The molecule has 1 saturated heterocycles. The number of aromatic nitrogens is 2. The molecule has 2 aliphatic rings. The van der Waals surface area contributed by atoms with Gasteiger partial charge in [0.25, 0.3) is 5.91 Å². The number of aryl methyl sites for hydroxylation is 1. The van der Waals surface area contributed by atoms with Crippen LogP contribution in [0.25, 0.3) is 0 Å². The Bertz CT molecular complexity index is 832. The van der Waals surface area contributed by atoms with E-state index in [2.05, 4.69) is 16.7 Å². The lowest BCUT2D eigenvalue weighted by atomic mass is 10.1. The summed E-state index contributed by atoms with van der Waals surface area (Å²) in [6, 6.07) is -1.03. The summed E-state index contributed by atoms with van der Waals surface area (Å²) in [5, 5.41) is 4.51. The Morgan fingerprint density at radius 1 is 1.29 bits per heavy atom. The van der Waals surface area contributed by atoms with E-state index < -0.39 is 12.1 Å². The number of hydrogen-bond acceptors (Lipinski definition) is 4. The molecular formula is C16H21N6O2+. The summed E-state index contributed by atoms with van der Waals surface area (Å²) >= 11 is 0. The van der Waals surface area contributed by atoms with E-state index in [9.17, 15) is 9.59 Å². The first-order valence-corrected chi connectivity index (χ1v) is 7.71. The lowest BCUT2D eigenvalue weighted by Gasteiger charge is -2.32. The zero-order valence-electron chi connectivity index (χ0n) is 14.6. The predicted octanol–water partition coefficient (Wildman–Crippen LogP) is 0.515. The van der Waals surface area contributed by atoms with Gasteiger partial charge in [-0.15, -0.1) is 16.4 Å². The molecule has 0 aliphatic carbocycles. The van der Waals surface area contributed by atoms with Crippen molar-refractivity contribution in [1.82, 2.24) is 19.6 Å². The van der Waals surface area contributed by atoms with E-state index in [1.165, 1.54) is 15.9 Å². The van der Waals surface area contributed by atoms with E-state index in [0.717, 1.165) is 17.0 Å². The molecule has 1 aromatic heterocycles. The SMILES string of the molecule is C=CCN1C(=O)C2C(=NC(n3nc(C)c(C)c3C)=[N+]2C)N(C)C1=O. The van der Waals surface area contributed by atoms with Gasteiger partial charge in [-0.1, -0.05) is 11.1 Å². The molecular weight excluding hydrogens is 308 g/mol. The van der Waals surface area contributed by atoms with Crippen LogP contribution in [-0.4, -0.2) is 74.6 Å². The van der Waals surface area contributed by atoms with Gasteiger partial charge in [0.05, 0.1) is 12.7 Å². The van der Waals surface area contributed by atoms with Crippen LogP contribution in [0, 0.1) is 20.8 Å². The molecule has 0 aromatic carbocycles. The van der Waals surface area contributed by atoms with Crippen LogP contribution in [0.5, 0.6) is 0 Å². The van der Waals surface area contributed by atoms with Crippen molar-refractivity contribution in [2.75, 3.05) is 20.6 Å². The minimum atomic E-state index is -0.633. The topological polar surface area (TPSA) is 73.8 Å². The zero-order chi connectivity index (χ0) is 17.8. The lowest BCUT2D eigenvalue weighted by Crippen LogP contribution is -2.62. The molecule has 0 radical (unpaired) electrons. The molecule has 0 bridgehead atoms. The normalized spacial score (nSPS) is 20.7. The van der Waals surface area contributed by atoms with Gasteiger partial charge in [-0.3, -0.25) is 14.6 Å². The maximum atomic E-state index is 12.8. The Morgan fingerprint density at radius 2 is 1.96 bits per heavy atom. The third kappa shape index (κ3) is 2.02. The van der Waals surface area contributed by atoms with Crippen LogP contribution in [0.15, 0.2) is 17.6 Å². The van der Waals surface area contributed by atoms with Crippen molar-refractivity contribution in [3.05, 3.63) is 29.6 Å². The van der Waals surface area contributed by atoms with Crippen LogP contribution in [0.2, 0.25) is 0 Å². The summed E-state index contributed by atoms with van der Waals surface area (Å²) in [5.74, 6) is 0.665. The van der Waals surface area contributed by atoms with Gasteiger partial charge in [0.15, 0.2) is 0 Å². The van der Waals surface area contributed by atoms with Gasteiger partial charge in [-0.05, 0) is 20.8 Å². The van der Waals surface area contributed by atoms with Crippen molar-refractivity contribution in [1.29, 1.82) is 0 Å². The summed E-state index contributed by atoms with van der Waals surface area (Å²) in [4.78, 5) is 32.3. The maximum Gasteiger partial charge on any atom is 0.421 e. The smallest absolute Gasteiger partial charge is 0.270 e. The van der Waals surface area contributed by atoms with E-state index >= 15 is 0 Å². The highest BCUT2D eigenvalue weighted by molar-refractivity contribution is 6.23. The van der Waals surface area contributed by atoms with Gasteiger partial charge < -0.3 is 0 Å². The van der Waals surface area contributed by atoms with Gasteiger partial charge in [-0.25, -0.2) is 9.37 Å². The lowest BCUT2D eigenvalue weighted by molar-refractivity contribution is -0.507. The molecule has 1 fully saturated rings. The number of likely N-dealkylation sites (N-methyl/N-ethyl adjacent to an activating group) is 2. The van der Waals surface area contributed by atoms with Gasteiger partial charge in [0.1, 0.15) is 5.69 Å². The van der Waals surface area contributed by atoms with E-state index in [4.69, 9.17) is 0 Å². The van der Waals surface area contributed by atoms with Crippen LogP contribution in [-0.2, 0) is 4.79 Å². The number of hydrogen-bond donors (Lipinski definition) is 0. The first kappa shape index (κ1) is 16.1. The van der Waals surface area contributed by atoms with Gasteiger partial charge in [-0.2, -0.15) is 0 Å². The average molecular weight is 329 g/mol. The van der Waals surface area contributed by atoms with Crippen molar-refractivity contribution in [3.63, 3.8) is 0 Å². The minimum absolute atomic E-state index is 0.175. The molecule has 3 rings (SSSR count). The molecule has 126 valence electrons. The number of carbonyl (C=O) groups is 2. The van der Waals surface area contributed by atoms with Crippen molar-refractivity contribution in [3.8, 4) is 0 Å². The molecule has 1 unspecified atom stereocenters. The van der Waals surface area contributed by atoms with Crippen molar-refractivity contribution < 1.29 is 14.2 Å². The zero-order valence-corrected chi connectivity index (χ0v) is 14.6. The third-order valence-corrected chi connectivity index (χ3v) is 4.68. The number of imide groups is 1. The Labute approximate surface area is 140 Å². The summed E-state index contributed by atoms with van der Waals surface area (Å²) in [7, 11) is 3.41. The molecule has 8 nitrogen and oxygen atoms in total. The molecule has 3 heterocycles. The number of carbonyl (C=O) groups excluding carboxylic acids is 2. The van der Waals surface area contributed by atoms with E-state index in [-0.39, 0.29) is 12.5 Å². The van der Waals surface area contributed by atoms with Crippen molar-refractivity contribution in [2.24, 2.45) is 4.99 Å². The molecule has 3 amide bonds. The molecule has 0 N–H and O–H groups in total. The fourth-order valence-electron chi connectivity index (χ4n) is 3.00. The first-order chi connectivity index (χ1) is 11.3. The fourth-order valence-corrected chi connectivity index (χ4v) is 3.00. The summed E-state index contributed by atoms with van der Waals surface area (Å²) in [6.07, 6.45) is 1.54. The Hall–Kier alpha value is -2.77. The second-order valence-electron chi connectivity index (χ2n) is 6.07. The number of amidine groups is 1.